The molecular formula is C20H20ClN3OS. The second-order valence-electron chi connectivity index (χ2n) is 6.39. The van der Waals surface area contributed by atoms with Gasteiger partial charge in [0.25, 0.3) is 5.91 Å². The van der Waals surface area contributed by atoms with E-state index in [0.717, 1.165) is 28.1 Å². The Morgan fingerprint density at radius 3 is 2.46 bits per heavy atom. The number of benzene rings is 2. The van der Waals surface area contributed by atoms with Gasteiger partial charge in [-0.2, -0.15) is 0 Å². The van der Waals surface area contributed by atoms with Crippen LogP contribution in [0, 0.1) is 13.8 Å². The van der Waals surface area contributed by atoms with Crippen molar-refractivity contribution in [3.05, 3.63) is 75.4 Å². The van der Waals surface area contributed by atoms with Crippen molar-refractivity contribution in [3.8, 4) is 0 Å². The predicted octanol–water partition coefficient (Wildman–Crippen LogP) is 4.39. The summed E-state index contributed by atoms with van der Waals surface area (Å²) in [5, 5.41) is 10.4. The van der Waals surface area contributed by atoms with Gasteiger partial charge in [-0.05, 0) is 62.3 Å². The van der Waals surface area contributed by atoms with Crippen LogP contribution in [-0.2, 0) is 4.79 Å². The molecule has 0 spiro atoms. The van der Waals surface area contributed by atoms with Crippen LogP contribution < -0.4 is 16.0 Å². The fourth-order valence-electron chi connectivity index (χ4n) is 3.04. The third kappa shape index (κ3) is 3.89. The van der Waals surface area contributed by atoms with Crippen molar-refractivity contribution in [2.45, 2.75) is 26.8 Å². The third-order valence-corrected chi connectivity index (χ3v) is 4.82. The van der Waals surface area contributed by atoms with E-state index in [9.17, 15) is 4.79 Å². The minimum atomic E-state index is -0.341. The van der Waals surface area contributed by atoms with E-state index in [1.807, 2.05) is 51.1 Å². The van der Waals surface area contributed by atoms with Crippen LogP contribution in [0.25, 0.3) is 0 Å². The van der Waals surface area contributed by atoms with Gasteiger partial charge >= 0.3 is 0 Å². The average Bonchev–Trinajstić information content (AvgIpc) is 2.57. The van der Waals surface area contributed by atoms with Crippen LogP contribution in [0.1, 0.15) is 29.7 Å². The minimum Gasteiger partial charge on any atom is -0.351 e. The lowest BCUT2D eigenvalue weighted by Crippen LogP contribution is -2.45. The van der Waals surface area contributed by atoms with E-state index < -0.39 is 0 Å². The molecule has 1 aliphatic rings. The van der Waals surface area contributed by atoms with Gasteiger partial charge in [-0.1, -0.05) is 41.4 Å². The van der Waals surface area contributed by atoms with Gasteiger partial charge in [0, 0.05) is 16.4 Å². The Balaban J connectivity index is 1.95. The van der Waals surface area contributed by atoms with E-state index in [2.05, 4.69) is 16.0 Å². The van der Waals surface area contributed by atoms with Gasteiger partial charge in [0.1, 0.15) is 0 Å². The zero-order valence-corrected chi connectivity index (χ0v) is 16.4. The Morgan fingerprint density at radius 1 is 1.12 bits per heavy atom. The zero-order chi connectivity index (χ0) is 18.8. The predicted molar refractivity (Wildman–Crippen MR) is 110 cm³/mol. The first-order valence-corrected chi connectivity index (χ1v) is 9.06. The summed E-state index contributed by atoms with van der Waals surface area (Å²) in [5.74, 6) is -0.170. The maximum Gasteiger partial charge on any atom is 0.255 e. The highest BCUT2D eigenvalue weighted by atomic mass is 35.5. The average molecular weight is 386 g/mol. The van der Waals surface area contributed by atoms with Crippen LogP contribution in [0.2, 0.25) is 5.02 Å². The molecule has 1 heterocycles. The van der Waals surface area contributed by atoms with Crippen molar-refractivity contribution < 1.29 is 4.79 Å². The molecule has 6 heteroatoms. The highest BCUT2D eigenvalue weighted by Crippen LogP contribution is 2.29. The quantitative estimate of drug-likeness (QED) is 0.686. The molecule has 3 rings (SSSR count). The summed E-state index contributed by atoms with van der Waals surface area (Å²) in [6, 6.07) is 13.0. The SMILES string of the molecule is CC1=C(C(=O)Nc2ccc(C)cc2C)[C@H](c2ccc(Cl)cc2)NC(=S)N1. The lowest BCUT2D eigenvalue weighted by Gasteiger charge is -2.30. The van der Waals surface area contributed by atoms with Crippen molar-refractivity contribution in [3.63, 3.8) is 0 Å². The zero-order valence-electron chi connectivity index (χ0n) is 14.8. The molecule has 0 fully saturated rings. The molecule has 3 N–H and O–H groups in total. The van der Waals surface area contributed by atoms with Crippen LogP contribution >= 0.6 is 23.8 Å². The summed E-state index contributed by atoms with van der Waals surface area (Å²) in [7, 11) is 0. The Kier molecular flexibility index (Phi) is 5.30. The Morgan fingerprint density at radius 2 is 1.81 bits per heavy atom. The van der Waals surface area contributed by atoms with Crippen molar-refractivity contribution >= 4 is 40.5 Å². The molecule has 0 saturated carbocycles. The maximum atomic E-state index is 13.1. The number of aryl methyl sites for hydroxylation is 2. The fraction of sp³-hybridized carbons (Fsp3) is 0.200. The molecule has 1 aliphatic heterocycles. The number of anilines is 1. The summed E-state index contributed by atoms with van der Waals surface area (Å²) >= 11 is 11.3. The van der Waals surface area contributed by atoms with E-state index in [1.165, 1.54) is 0 Å². The third-order valence-electron chi connectivity index (χ3n) is 4.35. The van der Waals surface area contributed by atoms with Crippen molar-refractivity contribution in [2.75, 3.05) is 5.32 Å². The molecule has 0 aliphatic carbocycles. The molecule has 26 heavy (non-hydrogen) atoms. The molecule has 0 saturated heterocycles. The number of carbonyl (C=O) groups is 1. The lowest BCUT2D eigenvalue weighted by molar-refractivity contribution is -0.113. The number of carbonyl (C=O) groups excluding carboxylic acids is 1. The summed E-state index contributed by atoms with van der Waals surface area (Å²) in [4.78, 5) is 13.1. The van der Waals surface area contributed by atoms with Gasteiger partial charge in [0.15, 0.2) is 5.11 Å². The van der Waals surface area contributed by atoms with Crippen LogP contribution in [-0.4, -0.2) is 11.0 Å². The van der Waals surface area contributed by atoms with Crippen LogP contribution in [0.3, 0.4) is 0 Å². The lowest BCUT2D eigenvalue weighted by atomic mass is 9.95. The largest absolute Gasteiger partial charge is 0.351 e. The molecule has 1 atom stereocenters. The highest BCUT2D eigenvalue weighted by Gasteiger charge is 2.30. The van der Waals surface area contributed by atoms with Crippen LogP contribution in [0.15, 0.2) is 53.7 Å². The second-order valence-corrected chi connectivity index (χ2v) is 7.24. The van der Waals surface area contributed by atoms with Gasteiger partial charge in [0.2, 0.25) is 0 Å². The number of hydrogen-bond donors (Lipinski definition) is 3. The first kappa shape index (κ1) is 18.4. The van der Waals surface area contributed by atoms with E-state index in [1.54, 1.807) is 12.1 Å². The summed E-state index contributed by atoms with van der Waals surface area (Å²) in [6.07, 6.45) is 0. The molecule has 2 aromatic rings. The number of allylic oxidation sites excluding steroid dienone is 1. The number of thiocarbonyl (C=S) groups is 1. The minimum absolute atomic E-state index is 0.170. The van der Waals surface area contributed by atoms with Crippen LogP contribution in [0.4, 0.5) is 5.69 Å². The molecular weight excluding hydrogens is 366 g/mol. The molecule has 134 valence electrons. The standard InChI is InChI=1S/C20H20ClN3OS/c1-11-4-9-16(12(2)10-11)23-19(25)17-13(3)22-20(26)24-18(17)14-5-7-15(21)8-6-14/h4-10,18H,1-3H3,(H,23,25)(H2,22,24,26)/t18-/m0/s1. The summed E-state index contributed by atoms with van der Waals surface area (Å²) < 4.78 is 0. The van der Waals surface area contributed by atoms with E-state index in [0.29, 0.717) is 15.7 Å². The number of rotatable bonds is 3. The number of nitrogens with one attached hydrogen (secondary N) is 3. The Labute approximate surface area is 163 Å². The first-order chi connectivity index (χ1) is 12.3. The van der Waals surface area contributed by atoms with Gasteiger partial charge in [-0.25, -0.2) is 0 Å². The highest BCUT2D eigenvalue weighted by molar-refractivity contribution is 7.80. The Hall–Kier alpha value is -2.37. The second kappa shape index (κ2) is 7.48. The van der Waals surface area contributed by atoms with Gasteiger partial charge < -0.3 is 16.0 Å². The normalized spacial score (nSPS) is 16.8. The van der Waals surface area contributed by atoms with E-state index >= 15 is 0 Å². The number of halogens is 1. The van der Waals surface area contributed by atoms with Gasteiger partial charge in [-0.3, -0.25) is 4.79 Å². The fourth-order valence-corrected chi connectivity index (χ4v) is 3.44. The topological polar surface area (TPSA) is 53.2 Å². The number of hydrogen-bond acceptors (Lipinski definition) is 2. The van der Waals surface area contributed by atoms with Crippen LogP contribution in [0.5, 0.6) is 0 Å². The van der Waals surface area contributed by atoms with Crippen molar-refractivity contribution in [2.24, 2.45) is 0 Å². The Bertz CT molecular complexity index is 906. The summed E-state index contributed by atoms with van der Waals surface area (Å²) in [5.41, 5.74) is 5.22. The summed E-state index contributed by atoms with van der Waals surface area (Å²) in [6.45, 7) is 5.86. The van der Waals surface area contributed by atoms with E-state index in [4.69, 9.17) is 23.8 Å². The first-order valence-electron chi connectivity index (χ1n) is 8.27. The van der Waals surface area contributed by atoms with Crippen molar-refractivity contribution in [1.82, 2.24) is 10.6 Å². The molecule has 1 amide bonds. The molecule has 0 aromatic heterocycles. The molecule has 2 aromatic carbocycles. The molecule has 0 unspecified atom stereocenters. The maximum absolute atomic E-state index is 13.1. The van der Waals surface area contributed by atoms with Gasteiger partial charge in [-0.15, -0.1) is 0 Å². The molecule has 0 radical (unpaired) electrons. The monoisotopic (exact) mass is 385 g/mol. The van der Waals surface area contributed by atoms with Crippen molar-refractivity contribution in [1.29, 1.82) is 0 Å². The molecule has 0 bridgehead atoms. The van der Waals surface area contributed by atoms with E-state index in [-0.39, 0.29) is 11.9 Å². The molecule has 4 nitrogen and oxygen atoms in total. The smallest absolute Gasteiger partial charge is 0.255 e. The van der Waals surface area contributed by atoms with Gasteiger partial charge in [0.05, 0.1) is 11.6 Å². The number of amides is 1.